The number of hydrogen-bond acceptors (Lipinski definition) is 2. The van der Waals surface area contributed by atoms with E-state index in [0.29, 0.717) is 0 Å². The van der Waals surface area contributed by atoms with Crippen LogP contribution in [-0.4, -0.2) is 28.0 Å². The summed E-state index contributed by atoms with van der Waals surface area (Å²) in [6, 6.07) is 1.95. The van der Waals surface area contributed by atoms with E-state index in [9.17, 15) is 0 Å². The molecule has 0 spiro atoms. The molecule has 2 rings (SSSR count). The van der Waals surface area contributed by atoms with E-state index in [1.807, 2.05) is 16.9 Å². The Kier molecular flexibility index (Phi) is 3.38. The maximum atomic E-state index is 5.63. The molecule has 90 valence electrons. The summed E-state index contributed by atoms with van der Waals surface area (Å²) < 4.78 is 7.61. The molecular formula is C12H20N2OS. The number of nitrogens with zero attached hydrogens (tertiary/aromatic N) is 2. The number of thiol groups is 1. The van der Waals surface area contributed by atoms with Crippen LogP contribution in [-0.2, 0) is 5.54 Å². The molecule has 3 nitrogen and oxygen atoms in total. The molecule has 0 N–H and O–H groups in total. The molecule has 1 aliphatic rings. The van der Waals surface area contributed by atoms with Gasteiger partial charge in [-0.1, -0.05) is 5.87 Å². The minimum Gasteiger partial charge on any atom is -0.476 e. The van der Waals surface area contributed by atoms with E-state index < -0.39 is 0 Å². The molecule has 1 aliphatic carbocycles. The zero-order valence-corrected chi connectivity index (χ0v) is 10.9. The van der Waals surface area contributed by atoms with Crippen LogP contribution in [0.3, 0.4) is 0 Å². The predicted molar refractivity (Wildman–Crippen MR) is 70.7 cm³/mol. The van der Waals surface area contributed by atoms with Crippen molar-refractivity contribution in [3.05, 3.63) is 12.3 Å². The Balaban J connectivity index is 1.96. The van der Waals surface area contributed by atoms with E-state index in [2.05, 4.69) is 24.8 Å². The van der Waals surface area contributed by atoms with Crippen LogP contribution < -0.4 is 4.74 Å². The molecule has 0 bridgehead atoms. The third kappa shape index (κ3) is 2.88. The quantitative estimate of drug-likeness (QED) is 0.610. The molecule has 0 atom stereocenters. The van der Waals surface area contributed by atoms with E-state index in [1.54, 1.807) is 0 Å². The Hall–Kier alpha value is -0.770. The first-order valence-corrected chi connectivity index (χ1v) is 7.00. The van der Waals surface area contributed by atoms with Gasteiger partial charge in [-0.3, -0.25) is 4.68 Å². The Morgan fingerprint density at radius 1 is 1.62 bits per heavy atom. The van der Waals surface area contributed by atoms with E-state index in [-0.39, 0.29) is 5.54 Å². The van der Waals surface area contributed by atoms with Gasteiger partial charge >= 0.3 is 0 Å². The van der Waals surface area contributed by atoms with Crippen LogP contribution in [0.5, 0.6) is 5.88 Å². The minimum atomic E-state index is 0.0183. The summed E-state index contributed by atoms with van der Waals surface area (Å²) >= 11 is 1.14. The second kappa shape index (κ2) is 4.62. The molecule has 1 saturated carbocycles. The van der Waals surface area contributed by atoms with Crippen LogP contribution in [0, 0.1) is 5.92 Å². The van der Waals surface area contributed by atoms with Gasteiger partial charge in [0.1, 0.15) is 0 Å². The molecule has 0 saturated heterocycles. The molecule has 0 amide bonds. The third-order valence-electron chi connectivity index (χ3n) is 2.85. The smallest absolute Gasteiger partial charge is 0.232 e. The second-order valence-corrected chi connectivity index (χ2v) is 5.81. The number of hydrogen-bond donors (Lipinski definition) is 1. The van der Waals surface area contributed by atoms with Crippen LogP contribution in [0.4, 0.5) is 0 Å². The molecule has 1 heterocycles. The monoisotopic (exact) mass is 240 g/mol. The van der Waals surface area contributed by atoms with Crippen molar-refractivity contribution in [1.29, 1.82) is 0 Å². The lowest BCUT2D eigenvalue weighted by atomic mass is 10.1. The fourth-order valence-electron chi connectivity index (χ4n) is 1.56. The zero-order valence-electron chi connectivity index (χ0n) is 10.0. The number of aromatic nitrogens is 2. The molecular weight excluding hydrogens is 220 g/mol. The highest BCUT2D eigenvalue weighted by molar-refractivity contribution is 7.96. The summed E-state index contributed by atoms with van der Waals surface area (Å²) in [4.78, 5) is 0. The Labute approximate surface area is 101 Å². The highest BCUT2D eigenvalue weighted by atomic mass is 32.1. The summed E-state index contributed by atoms with van der Waals surface area (Å²) in [7, 11) is 0. The lowest BCUT2D eigenvalue weighted by Gasteiger charge is -2.23. The first-order chi connectivity index (χ1) is 7.62. The van der Waals surface area contributed by atoms with Gasteiger partial charge in [0.05, 0.1) is 12.1 Å². The third-order valence-corrected chi connectivity index (χ3v) is 3.84. The van der Waals surface area contributed by atoms with Gasteiger partial charge in [-0.05, 0) is 32.6 Å². The van der Waals surface area contributed by atoms with E-state index >= 15 is 0 Å². The van der Waals surface area contributed by atoms with Crippen molar-refractivity contribution in [1.82, 2.24) is 9.78 Å². The van der Waals surface area contributed by atoms with E-state index in [4.69, 9.17) is 4.74 Å². The SMILES string of the molecule is C=[SH]CC(C)(C)n1ccc(OCC2CC2)n1. The summed E-state index contributed by atoms with van der Waals surface area (Å²) in [6.07, 6.45) is 4.62. The van der Waals surface area contributed by atoms with Crippen LogP contribution in [0.1, 0.15) is 26.7 Å². The van der Waals surface area contributed by atoms with Crippen molar-refractivity contribution in [3.8, 4) is 5.88 Å². The lowest BCUT2D eigenvalue weighted by molar-refractivity contribution is 0.274. The van der Waals surface area contributed by atoms with E-state index in [1.165, 1.54) is 12.8 Å². The molecule has 0 aromatic carbocycles. The standard InChI is InChI=1S/C12H20N2OS/c1-12(2,9-16-3)14-7-6-11(13-14)15-8-10-4-5-10/h6-7,10,16H,3-5,8-9H2,1-2H3. The number of ether oxygens (including phenoxy) is 1. The van der Waals surface area contributed by atoms with Crippen LogP contribution >= 0.6 is 11.4 Å². The van der Waals surface area contributed by atoms with Gasteiger partial charge in [-0.15, -0.1) is 5.10 Å². The molecule has 1 aromatic heterocycles. The molecule has 0 aliphatic heterocycles. The molecule has 4 heteroatoms. The van der Waals surface area contributed by atoms with Crippen molar-refractivity contribution >= 4 is 17.2 Å². The second-order valence-electron chi connectivity index (χ2n) is 5.05. The Morgan fingerprint density at radius 2 is 2.38 bits per heavy atom. The Morgan fingerprint density at radius 3 is 3.00 bits per heavy atom. The highest BCUT2D eigenvalue weighted by Gasteiger charge is 2.23. The van der Waals surface area contributed by atoms with Gasteiger partial charge in [0.15, 0.2) is 0 Å². The normalized spacial score (nSPS) is 16.4. The van der Waals surface area contributed by atoms with Crippen molar-refractivity contribution in [2.24, 2.45) is 5.92 Å². The first-order valence-electron chi connectivity index (χ1n) is 5.73. The molecule has 0 radical (unpaired) electrons. The van der Waals surface area contributed by atoms with Crippen molar-refractivity contribution in [2.75, 3.05) is 12.4 Å². The maximum Gasteiger partial charge on any atom is 0.232 e. The molecule has 1 aromatic rings. The van der Waals surface area contributed by atoms with Gasteiger partial charge in [-0.25, -0.2) is 11.4 Å². The zero-order chi connectivity index (χ0) is 11.6. The van der Waals surface area contributed by atoms with Crippen LogP contribution in [0.15, 0.2) is 12.3 Å². The Bertz CT molecular complexity index is 369. The van der Waals surface area contributed by atoms with Gasteiger partial charge in [-0.2, -0.15) is 0 Å². The van der Waals surface area contributed by atoms with Gasteiger partial charge in [0, 0.05) is 18.0 Å². The lowest BCUT2D eigenvalue weighted by Crippen LogP contribution is -2.29. The topological polar surface area (TPSA) is 27.1 Å². The average Bonchev–Trinajstić information content (AvgIpc) is 2.92. The first kappa shape index (κ1) is 11.7. The molecule has 1 fully saturated rings. The summed E-state index contributed by atoms with van der Waals surface area (Å²) in [5.41, 5.74) is 0.0183. The minimum absolute atomic E-state index is 0.0183. The number of rotatable bonds is 6. The van der Waals surface area contributed by atoms with Crippen molar-refractivity contribution < 1.29 is 4.74 Å². The van der Waals surface area contributed by atoms with Crippen molar-refractivity contribution in [2.45, 2.75) is 32.2 Å². The average molecular weight is 240 g/mol. The maximum absolute atomic E-state index is 5.63. The van der Waals surface area contributed by atoms with Gasteiger partial charge in [0.2, 0.25) is 5.88 Å². The fourth-order valence-corrected chi connectivity index (χ4v) is 2.25. The van der Waals surface area contributed by atoms with Gasteiger partial charge in [0.25, 0.3) is 0 Å². The van der Waals surface area contributed by atoms with Crippen LogP contribution in [0.2, 0.25) is 0 Å². The summed E-state index contributed by atoms with van der Waals surface area (Å²) in [5.74, 6) is 6.39. The summed E-state index contributed by atoms with van der Waals surface area (Å²) in [6.45, 7) is 5.16. The largest absolute Gasteiger partial charge is 0.476 e. The highest BCUT2D eigenvalue weighted by Crippen LogP contribution is 2.29. The molecule has 16 heavy (non-hydrogen) atoms. The fraction of sp³-hybridized carbons (Fsp3) is 0.667. The van der Waals surface area contributed by atoms with Gasteiger partial charge < -0.3 is 4.74 Å². The van der Waals surface area contributed by atoms with E-state index in [0.717, 1.165) is 35.5 Å². The predicted octanol–water partition coefficient (Wildman–Crippen LogP) is 2.30. The van der Waals surface area contributed by atoms with Crippen LogP contribution in [0.25, 0.3) is 0 Å². The van der Waals surface area contributed by atoms with Crippen molar-refractivity contribution in [3.63, 3.8) is 0 Å². The molecule has 0 unspecified atom stereocenters. The summed E-state index contributed by atoms with van der Waals surface area (Å²) in [5, 5.41) is 4.46.